The van der Waals surface area contributed by atoms with Gasteiger partial charge in [0.25, 0.3) is 0 Å². The van der Waals surface area contributed by atoms with E-state index in [2.05, 4.69) is 0 Å². The molecule has 0 heterocycles. The minimum absolute atomic E-state index is 0.0609. The molecule has 0 fully saturated rings. The molecular weight excluding hydrogens is 459 g/mol. The first-order chi connectivity index (χ1) is 16.1. The number of ether oxygens (including phenoxy) is 3. The molecule has 0 N–H and O–H groups in total. The Balaban J connectivity index is 2.11. The van der Waals surface area contributed by atoms with Gasteiger partial charge in [-0.15, -0.1) is 0 Å². The molecule has 8 heteroatoms. The standard InChI is InChI=1S/C26H27FO6S/c1-17(2)12-13-32-23-11-8-19(14-26(23)33-34(5,28)29)22-16-24(30-3)21(15-25(22)31-4)18-6-9-20(27)10-7-18/h6-12,14-16H,13H2,1-5H3. The SMILES string of the molecule is COc1cc(-c2ccc(OCC=C(C)C)c(OS(C)(=O)=O)c2)c(OC)cc1-c1ccc(F)cc1. The maximum absolute atomic E-state index is 13.4. The van der Waals surface area contributed by atoms with Crippen LogP contribution in [0.1, 0.15) is 13.8 Å². The zero-order valence-electron chi connectivity index (χ0n) is 19.7. The number of hydrogen-bond acceptors (Lipinski definition) is 6. The Bertz CT molecular complexity index is 1290. The summed E-state index contributed by atoms with van der Waals surface area (Å²) in [7, 11) is -0.726. The Morgan fingerprint density at radius 1 is 0.824 bits per heavy atom. The second-order valence-corrected chi connectivity index (χ2v) is 9.38. The Morgan fingerprint density at radius 3 is 1.91 bits per heavy atom. The third-order valence-corrected chi connectivity index (χ3v) is 5.39. The van der Waals surface area contributed by atoms with Crippen LogP contribution in [-0.4, -0.2) is 35.5 Å². The van der Waals surface area contributed by atoms with Gasteiger partial charge in [-0.05, 0) is 67.4 Å². The largest absolute Gasteiger partial charge is 0.496 e. The topological polar surface area (TPSA) is 71.1 Å². The van der Waals surface area contributed by atoms with Gasteiger partial charge in [-0.2, -0.15) is 8.42 Å². The first-order valence-corrected chi connectivity index (χ1v) is 12.2. The lowest BCUT2D eigenvalue weighted by Gasteiger charge is -2.17. The Hall–Kier alpha value is -3.52. The molecule has 0 atom stereocenters. The molecule has 6 nitrogen and oxygen atoms in total. The Labute approximate surface area is 199 Å². The molecule has 0 saturated heterocycles. The molecular formula is C26H27FO6S. The van der Waals surface area contributed by atoms with Crippen LogP contribution in [0.25, 0.3) is 22.3 Å². The summed E-state index contributed by atoms with van der Waals surface area (Å²) in [6.45, 7) is 4.15. The fraction of sp³-hybridized carbons (Fsp3) is 0.231. The number of halogens is 1. The van der Waals surface area contributed by atoms with Gasteiger partial charge in [0.1, 0.15) is 23.9 Å². The van der Waals surface area contributed by atoms with Crippen molar-refractivity contribution in [2.24, 2.45) is 0 Å². The first kappa shape index (κ1) is 25.1. The van der Waals surface area contributed by atoms with Gasteiger partial charge in [-0.3, -0.25) is 0 Å². The molecule has 0 spiro atoms. The summed E-state index contributed by atoms with van der Waals surface area (Å²) in [6, 6.07) is 14.6. The smallest absolute Gasteiger partial charge is 0.306 e. The average Bonchev–Trinajstić information content (AvgIpc) is 2.78. The van der Waals surface area contributed by atoms with Crippen LogP contribution < -0.4 is 18.4 Å². The fourth-order valence-electron chi connectivity index (χ4n) is 3.30. The summed E-state index contributed by atoms with van der Waals surface area (Å²) >= 11 is 0. The molecule has 180 valence electrons. The molecule has 0 aliphatic carbocycles. The van der Waals surface area contributed by atoms with E-state index < -0.39 is 10.1 Å². The van der Waals surface area contributed by atoms with Gasteiger partial charge in [-0.25, -0.2) is 4.39 Å². The van der Waals surface area contributed by atoms with Gasteiger partial charge in [0.15, 0.2) is 11.5 Å². The highest BCUT2D eigenvalue weighted by molar-refractivity contribution is 7.86. The molecule has 3 rings (SSSR count). The highest BCUT2D eigenvalue weighted by atomic mass is 32.2. The van der Waals surface area contributed by atoms with Crippen LogP contribution in [0, 0.1) is 5.82 Å². The predicted molar refractivity (Wildman–Crippen MR) is 131 cm³/mol. The molecule has 0 aliphatic rings. The molecule has 0 unspecified atom stereocenters. The van der Waals surface area contributed by atoms with E-state index in [-0.39, 0.29) is 18.2 Å². The van der Waals surface area contributed by atoms with Crippen molar-refractivity contribution in [3.05, 3.63) is 72.1 Å². The average molecular weight is 487 g/mol. The third-order valence-electron chi connectivity index (χ3n) is 4.90. The highest BCUT2D eigenvalue weighted by Gasteiger charge is 2.18. The molecule has 0 amide bonds. The van der Waals surface area contributed by atoms with E-state index in [4.69, 9.17) is 18.4 Å². The number of allylic oxidation sites excluding steroid dienone is 1. The Morgan fingerprint density at radius 2 is 1.38 bits per heavy atom. The number of rotatable bonds is 9. The number of benzene rings is 3. The van der Waals surface area contributed by atoms with Gasteiger partial charge < -0.3 is 18.4 Å². The van der Waals surface area contributed by atoms with Crippen LogP contribution in [0.2, 0.25) is 0 Å². The van der Waals surface area contributed by atoms with Gasteiger partial charge >= 0.3 is 10.1 Å². The minimum atomic E-state index is -3.80. The third kappa shape index (κ3) is 6.29. The van der Waals surface area contributed by atoms with Crippen LogP contribution in [-0.2, 0) is 10.1 Å². The van der Waals surface area contributed by atoms with E-state index in [0.29, 0.717) is 28.4 Å². The second-order valence-electron chi connectivity index (χ2n) is 7.80. The van der Waals surface area contributed by atoms with E-state index in [9.17, 15) is 12.8 Å². The maximum Gasteiger partial charge on any atom is 0.306 e. The minimum Gasteiger partial charge on any atom is -0.496 e. The van der Waals surface area contributed by atoms with Gasteiger partial charge in [-0.1, -0.05) is 23.8 Å². The summed E-state index contributed by atoms with van der Waals surface area (Å²) < 4.78 is 59.3. The molecule has 34 heavy (non-hydrogen) atoms. The van der Waals surface area contributed by atoms with Crippen LogP contribution in [0.5, 0.6) is 23.0 Å². The van der Waals surface area contributed by atoms with Gasteiger partial charge in [0, 0.05) is 11.1 Å². The second kappa shape index (κ2) is 10.6. The first-order valence-electron chi connectivity index (χ1n) is 10.4. The van der Waals surface area contributed by atoms with E-state index in [0.717, 1.165) is 23.0 Å². The van der Waals surface area contributed by atoms with Gasteiger partial charge in [0.2, 0.25) is 0 Å². The quantitative estimate of drug-likeness (QED) is 0.279. The molecule has 0 aromatic heterocycles. The molecule has 0 bridgehead atoms. The summed E-state index contributed by atoms with van der Waals surface area (Å²) in [6.07, 6.45) is 2.85. The zero-order valence-corrected chi connectivity index (χ0v) is 20.5. The lowest BCUT2D eigenvalue weighted by Crippen LogP contribution is -2.08. The maximum atomic E-state index is 13.4. The normalized spacial score (nSPS) is 11.0. The lowest BCUT2D eigenvalue weighted by atomic mass is 9.97. The van der Waals surface area contributed by atoms with Crippen LogP contribution in [0.4, 0.5) is 4.39 Å². The summed E-state index contributed by atoms with van der Waals surface area (Å²) in [5.74, 6) is 1.07. The predicted octanol–water partition coefficient (Wildman–Crippen LogP) is 5.86. The lowest BCUT2D eigenvalue weighted by molar-refractivity contribution is 0.347. The van der Waals surface area contributed by atoms with Crippen molar-refractivity contribution in [2.45, 2.75) is 13.8 Å². The molecule has 3 aromatic carbocycles. The van der Waals surface area contributed by atoms with Crippen molar-refractivity contribution in [3.63, 3.8) is 0 Å². The Kier molecular flexibility index (Phi) is 7.83. The summed E-state index contributed by atoms with van der Waals surface area (Å²) in [5, 5.41) is 0. The van der Waals surface area contributed by atoms with Gasteiger partial charge in [0.05, 0.1) is 20.5 Å². The summed E-state index contributed by atoms with van der Waals surface area (Å²) in [5.41, 5.74) is 3.83. The van der Waals surface area contributed by atoms with Crippen molar-refractivity contribution >= 4 is 10.1 Å². The van der Waals surface area contributed by atoms with Crippen molar-refractivity contribution in [2.75, 3.05) is 27.1 Å². The number of hydrogen-bond donors (Lipinski definition) is 0. The van der Waals surface area contributed by atoms with E-state index in [1.807, 2.05) is 19.9 Å². The molecule has 0 saturated carbocycles. The molecule has 3 aromatic rings. The van der Waals surface area contributed by atoms with E-state index in [1.165, 1.54) is 26.4 Å². The number of methoxy groups -OCH3 is 2. The van der Waals surface area contributed by atoms with Crippen molar-refractivity contribution < 1.29 is 31.2 Å². The highest BCUT2D eigenvalue weighted by Crippen LogP contribution is 2.43. The molecule has 0 aliphatic heterocycles. The monoisotopic (exact) mass is 486 g/mol. The van der Waals surface area contributed by atoms with Crippen molar-refractivity contribution in [1.29, 1.82) is 0 Å². The van der Waals surface area contributed by atoms with Crippen molar-refractivity contribution in [1.82, 2.24) is 0 Å². The molecule has 0 radical (unpaired) electrons. The van der Waals surface area contributed by atoms with Crippen LogP contribution in [0.15, 0.2) is 66.2 Å². The van der Waals surface area contributed by atoms with E-state index in [1.54, 1.807) is 42.5 Å². The zero-order chi connectivity index (χ0) is 24.9. The van der Waals surface area contributed by atoms with Crippen LogP contribution >= 0.6 is 0 Å². The summed E-state index contributed by atoms with van der Waals surface area (Å²) in [4.78, 5) is 0. The fourth-order valence-corrected chi connectivity index (χ4v) is 3.76. The van der Waals surface area contributed by atoms with Crippen molar-refractivity contribution in [3.8, 4) is 45.3 Å². The van der Waals surface area contributed by atoms with Crippen LogP contribution in [0.3, 0.4) is 0 Å². The van der Waals surface area contributed by atoms with E-state index >= 15 is 0 Å².